The van der Waals surface area contributed by atoms with E-state index in [0.29, 0.717) is 0 Å². The molecule has 0 bridgehead atoms. The predicted octanol–water partition coefficient (Wildman–Crippen LogP) is 1.65. The molecule has 0 aromatic carbocycles. The van der Waals surface area contributed by atoms with Crippen molar-refractivity contribution in [1.29, 1.82) is 0 Å². The highest BCUT2D eigenvalue weighted by Gasteiger charge is 2.02. The number of nitrogens with zero attached hydrogens (tertiary/aromatic N) is 2. The van der Waals surface area contributed by atoms with Gasteiger partial charge in [0.05, 0.1) is 12.8 Å². The first-order chi connectivity index (χ1) is 6.65. The minimum atomic E-state index is -0.360. The monoisotopic (exact) mass is 194 g/mol. The summed E-state index contributed by atoms with van der Waals surface area (Å²) >= 11 is 0. The molecule has 0 atom stereocenters. The van der Waals surface area contributed by atoms with Gasteiger partial charge in [0.15, 0.2) is 0 Å². The number of hydrogen-bond donors (Lipinski definition) is 0. The number of ether oxygens (including phenoxy) is 1. The smallest absolute Gasteiger partial charge is 0.330 e. The predicted molar refractivity (Wildman–Crippen MR) is 53.7 cm³/mol. The van der Waals surface area contributed by atoms with Crippen molar-refractivity contribution in [2.45, 2.75) is 19.9 Å². The van der Waals surface area contributed by atoms with Crippen LogP contribution in [0, 0.1) is 0 Å². The Bertz CT molecular complexity index is 340. The Balaban J connectivity index is 2.81. The van der Waals surface area contributed by atoms with Crippen molar-refractivity contribution in [2.75, 3.05) is 7.11 Å². The van der Waals surface area contributed by atoms with E-state index in [1.54, 1.807) is 12.3 Å². The maximum absolute atomic E-state index is 10.8. The van der Waals surface area contributed by atoms with E-state index in [1.807, 2.05) is 24.6 Å². The van der Waals surface area contributed by atoms with Gasteiger partial charge >= 0.3 is 5.97 Å². The van der Waals surface area contributed by atoms with Crippen molar-refractivity contribution in [3.63, 3.8) is 0 Å². The standard InChI is InChI=1S/C10H14N2O2/c1-8(2)12-9(6-7-11-12)4-5-10(13)14-3/h4-8H,1-3H3/b5-4+. The summed E-state index contributed by atoms with van der Waals surface area (Å²) in [4.78, 5) is 10.8. The van der Waals surface area contributed by atoms with Gasteiger partial charge in [-0.2, -0.15) is 5.10 Å². The van der Waals surface area contributed by atoms with Crippen LogP contribution in [0.15, 0.2) is 18.3 Å². The normalized spacial score (nSPS) is 11.1. The third-order valence-corrected chi connectivity index (χ3v) is 1.78. The van der Waals surface area contributed by atoms with Crippen molar-refractivity contribution in [2.24, 2.45) is 0 Å². The molecule has 0 radical (unpaired) electrons. The molecule has 0 saturated carbocycles. The van der Waals surface area contributed by atoms with Crippen molar-refractivity contribution >= 4 is 12.0 Å². The molecule has 4 heteroatoms. The van der Waals surface area contributed by atoms with E-state index in [0.717, 1.165) is 5.69 Å². The molecule has 1 aromatic heterocycles. The second-order valence-electron chi connectivity index (χ2n) is 3.15. The second-order valence-corrected chi connectivity index (χ2v) is 3.15. The van der Waals surface area contributed by atoms with Crippen LogP contribution >= 0.6 is 0 Å². The van der Waals surface area contributed by atoms with E-state index < -0.39 is 0 Å². The Kier molecular flexibility index (Phi) is 3.45. The van der Waals surface area contributed by atoms with E-state index in [-0.39, 0.29) is 12.0 Å². The van der Waals surface area contributed by atoms with Crippen LogP contribution in [-0.2, 0) is 9.53 Å². The van der Waals surface area contributed by atoms with Crippen LogP contribution in [0.5, 0.6) is 0 Å². The van der Waals surface area contributed by atoms with E-state index >= 15 is 0 Å². The fraction of sp³-hybridized carbons (Fsp3) is 0.400. The zero-order valence-corrected chi connectivity index (χ0v) is 8.60. The van der Waals surface area contributed by atoms with Crippen molar-refractivity contribution in [3.05, 3.63) is 24.0 Å². The Labute approximate surface area is 83.2 Å². The molecule has 0 unspecified atom stereocenters. The number of aromatic nitrogens is 2. The molecular weight excluding hydrogens is 180 g/mol. The lowest BCUT2D eigenvalue weighted by molar-refractivity contribution is -0.134. The van der Waals surface area contributed by atoms with Crippen LogP contribution in [0.3, 0.4) is 0 Å². The van der Waals surface area contributed by atoms with Gasteiger partial charge in [0.1, 0.15) is 0 Å². The summed E-state index contributed by atoms with van der Waals surface area (Å²) in [5.74, 6) is -0.360. The van der Waals surface area contributed by atoms with Gasteiger partial charge < -0.3 is 4.74 Å². The third kappa shape index (κ3) is 2.45. The van der Waals surface area contributed by atoms with Gasteiger partial charge in [0, 0.05) is 18.3 Å². The van der Waals surface area contributed by atoms with Gasteiger partial charge in [-0.1, -0.05) is 0 Å². The molecule has 1 aromatic rings. The highest BCUT2D eigenvalue weighted by Crippen LogP contribution is 2.09. The maximum atomic E-state index is 10.8. The van der Waals surface area contributed by atoms with Crippen molar-refractivity contribution in [1.82, 2.24) is 9.78 Å². The van der Waals surface area contributed by atoms with Gasteiger partial charge in [-0.05, 0) is 26.0 Å². The summed E-state index contributed by atoms with van der Waals surface area (Å²) < 4.78 is 6.33. The van der Waals surface area contributed by atoms with Gasteiger partial charge in [-0.25, -0.2) is 4.79 Å². The number of rotatable bonds is 3. The zero-order valence-electron chi connectivity index (χ0n) is 8.60. The fourth-order valence-corrected chi connectivity index (χ4v) is 1.11. The van der Waals surface area contributed by atoms with E-state index in [4.69, 9.17) is 0 Å². The highest BCUT2D eigenvalue weighted by molar-refractivity contribution is 5.86. The van der Waals surface area contributed by atoms with Crippen LogP contribution < -0.4 is 0 Å². The lowest BCUT2D eigenvalue weighted by Gasteiger charge is -2.07. The average Bonchev–Trinajstić information content (AvgIpc) is 2.62. The minimum Gasteiger partial charge on any atom is -0.466 e. The molecule has 0 fully saturated rings. The number of carbonyl (C=O) groups is 1. The highest BCUT2D eigenvalue weighted by atomic mass is 16.5. The SMILES string of the molecule is COC(=O)/C=C/c1ccnn1C(C)C. The van der Waals surface area contributed by atoms with Crippen LogP contribution in [0.4, 0.5) is 0 Å². The summed E-state index contributed by atoms with van der Waals surface area (Å²) in [6, 6.07) is 2.13. The van der Waals surface area contributed by atoms with E-state index in [9.17, 15) is 4.79 Å². The molecule has 1 heterocycles. The molecule has 1 rings (SSSR count). The summed E-state index contributed by atoms with van der Waals surface area (Å²) in [7, 11) is 1.35. The Hall–Kier alpha value is -1.58. The molecule has 0 N–H and O–H groups in total. The zero-order chi connectivity index (χ0) is 10.6. The molecule has 14 heavy (non-hydrogen) atoms. The van der Waals surface area contributed by atoms with Gasteiger partial charge in [-0.15, -0.1) is 0 Å². The maximum Gasteiger partial charge on any atom is 0.330 e. The second kappa shape index (κ2) is 4.60. The summed E-state index contributed by atoms with van der Waals surface area (Å²) in [5, 5.41) is 4.13. The van der Waals surface area contributed by atoms with Gasteiger partial charge in [-0.3, -0.25) is 4.68 Å². The Morgan fingerprint density at radius 1 is 1.64 bits per heavy atom. The van der Waals surface area contributed by atoms with Crippen molar-refractivity contribution in [3.8, 4) is 0 Å². The van der Waals surface area contributed by atoms with E-state index in [1.165, 1.54) is 13.2 Å². The van der Waals surface area contributed by atoms with Gasteiger partial charge in [0.25, 0.3) is 0 Å². The lowest BCUT2D eigenvalue weighted by atomic mass is 10.3. The molecule has 0 aliphatic heterocycles. The average molecular weight is 194 g/mol. The molecule has 4 nitrogen and oxygen atoms in total. The van der Waals surface area contributed by atoms with E-state index in [2.05, 4.69) is 9.84 Å². The third-order valence-electron chi connectivity index (χ3n) is 1.78. The molecule has 0 spiro atoms. The van der Waals surface area contributed by atoms with Crippen LogP contribution in [0.2, 0.25) is 0 Å². The molecule has 76 valence electrons. The molecule has 0 aliphatic carbocycles. The first kappa shape index (κ1) is 10.5. The number of methoxy groups -OCH3 is 1. The Morgan fingerprint density at radius 2 is 2.36 bits per heavy atom. The molecular formula is C10H14N2O2. The topological polar surface area (TPSA) is 44.1 Å². The van der Waals surface area contributed by atoms with Crippen LogP contribution in [0.25, 0.3) is 6.08 Å². The largest absolute Gasteiger partial charge is 0.466 e. The summed E-state index contributed by atoms with van der Waals surface area (Å²) in [6.07, 6.45) is 4.78. The van der Waals surface area contributed by atoms with Crippen LogP contribution in [0.1, 0.15) is 25.6 Å². The fourth-order valence-electron chi connectivity index (χ4n) is 1.11. The molecule has 0 amide bonds. The first-order valence-electron chi connectivity index (χ1n) is 4.44. The minimum absolute atomic E-state index is 0.280. The van der Waals surface area contributed by atoms with Gasteiger partial charge in [0.2, 0.25) is 0 Å². The Morgan fingerprint density at radius 3 is 2.93 bits per heavy atom. The quantitative estimate of drug-likeness (QED) is 0.543. The molecule has 0 saturated heterocycles. The van der Waals surface area contributed by atoms with Crippen molar-refractivity contribution < 1.29 is 9.53 Å². The first-order valence-corrected chi connectivity index (χ1v) is 4.44. The van der Waals surface area contributed by atoms with Crippen LogP contribution in [-0.4, -0.2) is 22.9 Å². The number of esters is 1. The number of carbonyl (C=O) groups excluding carboxylic acids is 1. The number of hydrogen-bond acceptors (Lipinski definition) is 3. The summed E-state index contributed by atoms with van der Waals surface area (Å²) in [5.41, 5.74) is 0.894. The summed E-state index contributed by atoms with van der Waals surface area (Å²) in [6.45, 7) is 4.06. The molecule has 0 aliphatic rings. The lowest BCUT2D eigenvalue weighted by Crippen LogP contribution is -2.04.